The fourth-order valence-corrected chi connectivity index (χ4v) is 2.23. The van der Waals surface area contributed by atoms with Crippen molar-refractivity contribution >= 4 is 5.97 Å². The number of aliphatic carboxylic acids is 1. The Hall–Kier alpha value is -1.83. The molecule has 2 heteroatoms. The molecule has 0 aliphatic heterocycles. The molecule has 0 bridgehead atoms. The average Bonchev–Trinajstić information content (AvgIpc) is 2.57. The molecule has 0 aromatic carbocycles. The Morgan fingerprint density at radius 3 is 1.88 bits per heavy atom. The Labute approximate surface area is 148 Å². The van der Waals surface area contributed by atoms with Gasteiger partial charge in [0.1, 0.15) is 0 Å². The number of carboxylic acids is 1. The SMILES string of the molecule is CCCCCCCCCC=CC=CC=CC=CC=C(CC)C(=O)O. The number of allylic oxidation sites excluding steroid dienone is 9. The van der Waals surface area contributed by atoms with Crippen LogP contribution in [0.1, 0.15) is 71.6 Å². The summed E-state index contributed by atoms with van der Waals surface area (Å²) >= 11 is 0. The van der Waals surface area contributed by atoms with Crippen LogP contribution in [0.4, 0.5) is 0 Å². The van der Waals surface area contributed by atoms with Gasteiger partial charge < -0.3 is 5.11 Å². The van der Waals surface area contributed by atoms with Crippen LogP contribution in [0.15, 0.2) is 60.3 Å². The van der Waals surface area contributed by atoms with Gasteiger partial charge in [-0.1, -0.05) is 107 Å². The molecule has 0 aromatic heterocycles. The molecule has 24 heavy (non-hydrogen) atoms. The molecule has 2 nitrogen and oxygen atoms in total. The number of hydrogen-bond donors (Lipinski definition) is 1. The second-order valence-corrected chi connectivity index (χ2v) is 5.84. The molecular formula is C22H34O2. The van der Waals surface area contributed by atoms with Crippen molar-refractivity contribution in [2.24, 2.45) is 0 Å². The minimum Gasteiger partial charge on any atom is -0.478 e. The second kappa shape index (κ2) is 17.5. The van der Waals surface area contributed by atoms with E-state index in [1.165, 1.54) is 44.9 Å². The highest BCUT2D eigenvalue weighted by Gasteiger charge is 2.00. The molecule has 0 heterocycles. The summed E-state index contributed by atoms with van der Waals surface area (Å²) in [6.07, 6.45) is 28.5. The zero-order valence-electron chi connectivity index (χ0n) is 15.4. The van der Waals surface area contributed by atoms with Gasteiger partial charge in [-0.25, -0.2) is 4.79 Å². The summed E-state index contributed by atoms with van der Waals surface area (Å²) in [4.78, 5) is 10.8. The van der Waals surface area contributed by atoms with E-state index in [0.717, 1.165) is 6.42 Å². The lowest BCUT2D eigenvalue weighted by Gasteiger charge is -1.98. The number of carbonyl (C=O) groups is 1. The third kappa shape index (κ3) is 15.1. The van der Waals surface area contributed by atoms with Gasteiger partial charge in [-0.05, 0) is 19.3 Å². The largest absolute Gasteiger partial charge is 0.478 e. The first-order valence-corrected chi connectivity index (χ1v) is 9.31. The maximum atomic E-state index is 10.8. The lowest BCUT2D eigenvalue weighted by molar-refractivity contribution is -0.132. The minimum atomic E-state index is -0.850. The van der Waals surface area contributed by atoms with Gasteiger partial charge in [-0.15, -0.1) is 0 Å². The Balaban J connectivity index is 3.71. The molecule has 0 radical (unpaired) electrons. The van der Waals surface area contributed by atoms with Gasteiger partial charge in [-0.2, -0.15) is 0 Å². The van der Waals surface area contributed by atoms with Crippen LogP contribution in [-0.2, 0) is 4.79 Å². The van der Waals surface area contributed by atoms with E-state index in [2.05, 4.69) is 19.1 Å². The van der Waals surface area contributed by atoms with E-state index in [9.17, 15) is 4.79 Å². The molecule has 134 valence electrons. The fourth-order valence-electron chi connectivity index (χ4n) is 2.23. The van der Waals surface area contributed by atoms with Crippen LogP contribution in [0.2, 0.25) is 0 Å². The second-order valence-electron chi connectivity index (χ2n) is 5.84. The van der Waals surface area contributed by atoms with Crippen LogP contribution in [0.5, 0.6) is 0 Å². The zero-order chi connectivity index (χ0) is 17.9. The third-order valence-corrected chi connectivity index (χ3v) is 3.73. The van der Waals surface area contributed by atoms with Gasteiger partial charge in [0.2, 0.25) is 0 Å². The van der Waals surface area contributed by atoms with Crippen molar-refractivity contribution < 1.29 is 9.90 Å². The Morgan fingerprint density at radius 1 is 0.750 bits per heavy atom. The first-order valence-electron chi connectivity index (χ1n) is 9.31. The van der Waals surface area contributed by atoms with Crippen LogP contribution in [0, 0.1) is 0 Å². The van der Waals surface area contributed by atoms with Crippen molar-refractivity contribution in [3.63, 3.8) is 0 Å². The summed E-state index contributed by atoms with van der Waals surface area (Å²) < 4.78 is 0. The van der Waals surface area contributed by atoms with Gasteiger partial charge >= 0.3 is 5.97 Å². The van der Waals surface area contributed by atoms with Crippen LogP contribution >= 0.6 is 0 Å². The number of hydrogen-bond acceptors (Lipinski definition) is 1. The van der Waals surface area contributed by atoms with Crippen LogP contribution in [-0.4, -0.2) is 11.1 Å². The molecule has 0 spiro atoms. The molecule has 0 rings (SSSR count). The molecule has 0 amide bonds. The van der Waals surface area contributed by atoms with Crippen LogP contribution < -0.4 is 0 Å². The molecule has 0 atom stereocenters. The normalized spacial score (nSPS) is 13.2. The number of rotatable bonds is 14. The van der Waals surface area contributed by atoms with Crippen molar-refractivity contribution in [3.8, 4) is 0 Å². The smallest absolute Gasteiger partial charge is 0.331 e. The lowest BCUT2D eigenvalue weighted by Crippen LogP contribution is -1.97. The maximum Gasteiger partial charge on any atom is 0.331 e. The Bertz CT molecular complexity index is 451. The highest BCUT2D eigenvalue weighted by Crippen LogP contribution is 2.08. The molecular weight excluding hydrogens is 296 g/mol. The van der Waals surface area contributed by atoms with Gasteiger partial charge in [0.15, 0.2) is 0 Å². The maximum absolute atomic E-state index is 10.8. The summed E-state index contributed by atoms with van der Waals surface area (Å²) in [6.45, 7) is 4.09. The van der Waals surface area contributed by atoms with E-state index in [4.69, 9.17) is 5.11 Å². The van der Waals surface area contributed by atoms with Crippen molar-refractivity contribution in [1.82, 2.24) is 0 Å². The van der Waals surface area contributed by atoms with Crippen LogP contribution in [0.25, 0.3) is 0 Å². The Kier molecular flexibility index (Phi) is 16.2. The van der Waals surface area contributed by atoms with E-state index in [0.29, 0.717) is 12.0 Å². The van der Waals surface area contributed by atoms with E-state index in [1.54, 1.807) is 12.2 Å². The van der Waals surface area contributed by atoms with Crippen molar-refractivity contribution in [2.75, 3.05) is 0 Å². The molecule has 0 aromatic rings. The van der Waals surface area contributed by atoms with Gasteiger partial charge in [0.05, 0.1) is 0 Å². The van der Waals surface area contributed by atoms with E-state index in [-0.39, 0.29) is 0 Å². The fraction of sp³-hybridized carbons (Fsp3) is 0.500. The Morgan fingerprint density at radius 2 is 1.29 bits per heavy atom. The van der Waals surface area contributed by atoms with Crippen LogP contribution in [0.3, 0.4) is 0 Å². The summed E-state index contributed by atoms with van der Waals surface area (Å²) in [7, 11) is 0. The van der Waals surface area contributed by atoms with Crippen molar-refractivity contribution in [1.29, 1.82) is 0 Å². The molecule has 0 saturated carbocycles. The summed E-state index contributed by atoms with van der Waals surface area (Å²) in [5.41, 5.74) is 0.420. The molecule has 0 aliphatic rings. The monoisotopic (exact) mass is 330 g/mol. The van der Waals surface area contributed by atoms with Gasteiger partial charge in [0, 0.05) is 5.57 Å². The summed E-state index contributed by atoms with van der Waals surface area (Å²) in [5, 5.41) is 8.86. The highest BCUT2D eigenvalue weighted by atomic mass is 16.4. The molecule has 0 saturated heterocycles. The molecule has 1 N–H and O–H groups in total. The topological polar surface area (TPSA) is 37.3 Å². The van der Waals surface area contributed by atoms with Gasteiger partial charge in [0.25, 0.3) is 0 Å². The molecule has 0 unspecified atom stereocenters. The molecule has 0 fully saturated rings. The summed E-state index contributed by atoms with van der Waals surface area (Å²) in [6, 6.07) is 0. The average molecular weight is 331 g/mol. The number of unbranched alkanes of at least 4 members (excludes halogenated alkanes) is 7. The summed E-state index contributed by atoms with van der Waals surface area (Å²) in [5.74, 6) is -0.850. The third-order valence-electron chi connectivity index (χ3n) is 3.73. The van der Waals surface area contributed by atoms with E-state index in [1.807, 2.05) is 37.3 Å². The predicted octanol–water partition coefficient (Wildman–Crippen LogP) is 6.77. The highest BCUT2D eigenvalue weighted by molar-refractivity contribution is 5.86. The van der Waals surface area contributed by atoms with Crippen molar-refractivity contribution in [3.05, 3.63) is 60.3 Å². The van der Waals surface area contributed by atoms with Gasteiger partial charge in [-0.3, -0.25) is 0 Å². The zero-order valence-corrected chi connectivity index (χ0v) is 15.4. The van der Waals surface area contributed by atoms with E-state index >= 15 is 0 Å². The first-order chi connectivity index (χ1) is 11.7. The minimum absolute atomic E-state index is 0.420. The van der Waals surface area contributed by atoms with Crippen molar-refractivity contribution in [2.45, 2.75) is 71.6 Å². The lowest BCUT2D eigenvalue weighted by atomic mass is 10.1. The quantitative estimate of drug-likeness (QED) is 0.217. The van der Waals surface area contributed by atoms with E-state index < -0.39 is 5.97 Å². The predicted molar refractivity (Wildman–Crippen MR) is 105 cm³/mol. The first kappa shape index (κ1) is 22.2. The standard InChI is InChI=1S/C22H34O2/c1-3-5-6-7-8-9-10-11-12-13-14-15-16-17-18-19-20-21(4-2)22(23)24/h12-20H,3-11H2,1-2H3,(H,23,24). The molecule has 0 aliphatic carbocycles. The number of carboxylic acid groups (broad SMARTS) is 1.